The van der Waals surface area contributed by atoms with Crippen LogP contribution in [0.15, 0.2) is 54.7 Å². The molecule has 0 saturated heterocycles. The molecule has 9 heteroatoms. The second kappa shape index (κ2) is 14.7. The van der Waals surface area contributed by atoms with Gasteiger partial charge in [-0.2, -0.15) is 0 Å². The number of aliphatic hydroxyl groups excluding tert-OH is 1. The molecule has 3 rings (SSSR count). The van der Waals surface area contributed by atoms with Crippen LogP contribution in [-0.4, -0.2) is 58.2 Å². The van der Waals surface area contributed by atoms with Crippen molar-refractivity contribution in [3.05, 3.63) is 94.3 Å². The largest absolute Gasteiger partial charge is 0.390 e. The maximum atomic E-state index is 13.9. The summed E-state index contributed by atoms with van der Waals surface area (Å²) in [6.45, 7) is 7.70. The molecule has 1 heterocycles. The lowest BCUT2D eigenvalue weighted by Crippen LogP contribution is -2.48. The van der Waals surface area contributed by atoms with Crippen LogP contribution in [0.5, 0.6) is 0 Å². The topological polar surface area (TPSA) is 86.6 Å². The first-order valence-electron chi connectivity index (χ1n) is 13.8. The molecule has 0 saturated carbocycles. The van der Waals surface area contributed by atoms with Crippen molar-refractivity contribution in [2.45, 2.75) is 58.7 Å². The molecule has 1 aromatic heterocycles. The summed E-state index contributed by atoms with van der Waals surface area (Å²) in [6, 6.07) is 11.2. The molecule has 0 aliphatic heterocycles. The zero-order valence-corrected chi connectivity index (χ0v) is 23.7. The molecule has 3 N–H and O–H groups in total. The lowest BCUT2D eigenvalue weighted by molar-refractivity contribution is 0.0755. The van der Waals surface area contributed by atoms with Gasteiger partial charge in [0.2, 0.25) is 0 Å². The summed E-state index contributed by atoms with van der Waals surface area (Å²) in [7, 11) is 1.92. The van der Waals surface area contributed by atoms with Gasteiger partial charge in [-0.15, -0.1) is 0 Å². The van der Waals surface area contributed by atoms with E-state index >= 15 is 0 Å². The monoisotopic (exact) mass is 554 g/mol. The number of benzene rings is 2. The van der Waals surface area contributed by atoms with Crippen LogP contribution in [0.3, 0.4) is 0 Å². The maximum absolute atomic E-state index is 13.9. The van der Waals surface area contributed by atoms with E-state index in [0.29, 0.717) is 30.8 Å². The Morgan fingerprint density at radius 3 is 2.25 bits per heavy atom. The highest BCUT2D eigenvalue weighted by molar-refractivity contribution is 6.00. The Bertz CT molecular complexity index is 1270. The van der Waals surface area contributed by atoms with Crippen LogP contribution in [-0.2, 0) is 20.0 Å². The molecule has 0 spiro atoms. The smallest absolute Gasteiger partial charge is 0.253 e. The minimum atomic E-state index is -1.06. The molecular weight excluding hydrogens is 514 g/mol. The predicted molar refractivity (Wildman–Crippen MR) is 152 cm³/mol. The Kier molecular flexibility index (Phi) is 11.4. The SMILES string of the molecule is CCCN(CCC)C(=O)c1cc(C)cc(C(=O)N[C@@H](Cc2cc(F)cc(F)c2)[C@H](O)CNCc2cccn2C)c1. The first-order valence-corrected chi connectivity index (χ1v) is 13.8. The summed E-state index contributed by atoms with van der Waals surface area (Å²) in [4.78, 5) is 28.4. The van der Waals surface area contributed by atoms with Gasteiger partial charge in [-0.25, -0.2) is 8.78 Å². The Balaban J connectivity index is 1.81. The van der Waals surface area contributed by atoms with Crippen LogP contribution in [0.2, 0.25) is 0 Å². The number of aromatic nitrogens is 1. The molecule has 7 nitrogen and oxygen atoms in total. The van der Waals surface area contributed by atoms with Crippen LogP contribution in [0.1, 0.15) is 64.2 Å². The van der Waals surface area contributed by atoms with Crippen molar-refractivity contribution in [2.75, 3.05) is 19.6 Å². The van der Waals surface area contributed by atoms with Gasteiger partial charge in [-0.1, -0.05) is 13.8 Å². The number of halogens is 2. The first-order chi connectivity index (χ1) is 19.1. The highest BCUT2D eigenvalue weighted by atomic mass is 19.1. The number of aryl methyl sites for hydroxylation is 2. The molecule has 216 valence electrons. The summed E-state index contributed by atoms with van der Waals surface area (Å²) < 4.78 is 29.8. The zero-order chi connectivity index (χ0) is 29.2. The van der Waals surface area contributed by atoms with Crippen LogP contribution >= 0.6 is 0 Å². The molecular formula is C31H40F2N4O3. The summed E-state index contributed by atoms with van der Waals surface area (Å²) in [6.07, 6.45) is 2.50. The van der Waals surface area contributed by atoms with Gasteiger partial charge in [0.15, 0.2) is 0 Å². The van der Waals surface area contributed by atoms with Gasteiger partial charge in [0.25, 0.3) is 11.8 Å². The number of amides is 2. The quantitative estimate of drug-likeness (QED) is 0.276. The standard InChI is InChI=1S/C31H40F2N4O3/c1-5-9-37(10-6-2)31(40)24-13-21(3)12-23(17-24)30(39)35-28(16-22-14-25(32)18-26(33)15-22)29(38)20-34-19-27-8-7-11-36(27)4/h7-8,11-15,17-18,28-29,34,38H,5-6,9-10,16,19-20H2,1-4H3,(H,35,39)/t28-,29+/m0/s1. The molecule has 2 aromatic carbocycles. The minimum Gasteiger partial charge on any atom is -0.390 e. The van der Waals surface area contributed by atoms with Crippen molar-refractivity contribution < 1.29 is 23.5 Å². The van der Waals surface area contributed by atoms with E-state index in [4.69, 9.17) is 0 Å². The molecule has 0 unspecified atom stereocenters. The van der Waals surface area contributed by atoms with Gasteiger partial charge < -0.3 is 25.2 Å². The second-order valence-corrected chi connectivity index (χ2v) is 10.3. The number of hydrogen-bond acceptors (Lipinski definition) is 4. The number of rotatable bonds is 14. The third-order valence-electron chi connectivity index (χ3n) is 6.73. The van der Waals surface area contributed by atoms with E-state index in [1.54, 1.807) is 23.1 Å². The number of nitrogens with zero attached hydrogens (tertiary/aromatic N) is 2. The number of hydrogen-bond donors (Lipinski definition) is 3. The van der Waals surface area contributed by atoms with Gasteiger partial charge in [0.05, 0.1) is 12.1 Å². The van der Waals surface area contributed by atoms with E-state index in [9.17, 15) is 23.5 Å². The van der Waals surface area contributed by atoms with Gasteiger partial charge >= 0.3 is 0 Å². The highest BCUT2D eigenvalue weighted by Gasteiger charge is 2.24. The predicted octanol–water partition coefficient (Wildman–Crippen LogP) is 4.37. The molecule has 2 atom stereocenters. The van der Waals surface area contributed by atoms with E-state index < -0.39 is 29.7 Å². The fraction of sp³-hybridized carbons (Fsp3) is 0.419. The van der Waals surface area contributed by atoms with Crippen molar-refractivity contribution >= 4 is 11.8 Å². The molecule has 0 radical (unpaired) electrons. The molecule has 0 aliphatic rings. The fourth-order valence-corrected chi connectivity index (χ4v) is 4.76. The van der Waals surface area contributed by atoms with Crippen molar-refractivity contribution in [1.29, 1.82) is 0 Å². The lowest BCUT2D eigenvalue weighted by Gasteiger charge is -2.25. The number of aliphatic hydroxyl groups is 1. The first kappa shape index (κ1) is 31.0. The van der Waals surface area contributed by atoms with Crippen molar-refractivity contribution in [2.24, 2.45) is 7.05 Å². The zero-order valence-electron chi connectivity index (χ0n) is 23.7. The van der Waals surface area contributed by atoms with Gasteiger partial charge in [-0.05, 0) is 79.8 Å². The van der Waals surface area contributed by atoms with Crippen molar-refractivity contribution in [3.8, 4) is 0 Å². The van der Waals surface area contributed by atoms with Crippen LogP contribution in [0, 0.1) is 18.6 Å². The van der Waals surface area contributed by atoms with E-state index in [-0.39, 0.29) is 24.4 Å². The highest BCUT2D eigenvalue weighted by Crippen LogP contribution is 2.16. The molecule has 40 heavy (non-hydrogen) atoms. The maximum Gasteiger partial charge on any atom is 0.253 e. The van der Waals surface area contributed by atoms with Crippen LogP contribution in [0.25, 0.3) is 0 Å². The summed E-state index contributed by atoms with van der Waals surface area (Å²) >= 11 is 0. The normalized spacial score (nSPS) is 12.7. The number of nitrogens with one attached hydrogen (secondary N) is 2. The summed E-state index contributed by atoms with van der Waals surface area (Å²) in [5.41, 5.74) is 2.75. The van der Waals surface area contributed by atoms with E-state index in [1.807, 2.05) is 50.7 Å². The average molecular weight is 555 g/mol. The molecule has 3 aromatic rings. The Hall–Kier alpha value is -3.56. The van der Waals surface area contributed by atoms with E-state index in [2.05, 4.69) is 10.6 Å². The Labute approximate surface area is 235 Å². The molecule has 0 bridgehead atoms. The van der Waals surface area contributed by atoms with Crippen LogP contribution in [0.4, 0.5) is 8.78 Å². The lowest BCUT2D eigenvalue weighted by atomic mass is 9.99. The number of carbonyl (C=O) groups excluding carboxylic acids is 2. The van der Waals surface area contributed by atoms with Crippen molar-refractivity contribution in [1.82, 2.24) is 20.1 Å². The van der Waals surface area contributed by atoms with Gasteiger partial charge in [-0.3, -0.25) is 9.59 Å². The second-order valence-electron chi connectivity index (χ2n) is 10.3. The Morgan fingerprint density at radius 2 is 1.65 bits per heavy atom. The van der Waals surface area contributed by atoms with Gasteiger partial charge in [0.1, 0.15) is 11.6 Å². The third-order valence-corrected chi connectivity index (χ3v) is 6.73. The average Bonchev–Trinajstić information content (AvgIpc) is 3.31. The summed E-state index contributed by atoms with van der Waals surface area (Å²) in [5, 5.41) is 17.1. The van der Waals surface area contributed by atoms with E-state index in [0.717, 1.165) is 30.2 Å². The molecule has 0 aliphatic carbocycles. The van der Waals surface area contributed by atoms with E-state index in [1.165, 1.54) is 12.1 Å². The molecule has 0 fully saturated rings. The minimum absolute atomic E-state index is 0.00576. The summed E-state index contributed by atoms with van der Waals surface area (Å²) in [5.74, 6) is -2.10. The fourth-order valence-electron chi connectivity index (χ4n) is 4.76. The van der Waals surface area contributed by atoms with Gasteiger partial charge in [0, 0.05) is 62.3 Å². The number of carbonyl (C=O) groups is 2. The van der Waals surface area contributed by atoms with Crippen molar-refractivity contribution in [3.63, 3.8) is 0 Å². The third kappa shape index (κ3) is 8.72. The Morgan fingerprint density at radius 1 is 1.00 bits per heavy atom. The molecule has 2 amide bonds. The van der Waals surface area contributed by atoms with Crippen LogP contribution < -0.4 is 10.6 Å².